The van der Waals surface area contributed by atoms with Crippen molar-refractivity contribution in [3.05, 3.63) is 0 Å². The van der Waals surface area contributed by atoms with Crippen molar-refractivity contribution in [1.82, 2.24) is 6.15 Å². The molecule has 86 valence electrons. The van der Waals surface area contributed by atoms with Crippen LogP contribution in [0.3, 0.4) is 0 Å². The van der Waals surface area contributed by atoms with Gasteiger partial charge in [0.15, 0.2) is 0 Å². The summed E-state index contributed by atoms with van der Waals surface area (Å²) in [5.41, 5.74) is 8.65. The fourth-order valence-electron chi connectivity index (χ4n) is 0. The quantitative estimate of drug-likeness (QED) is 0.333. The molecule has 0 aliphatic carbocycles. The smallest absolute Gasteiger partial charge is 0.302 e. The second kappa shape index (κ2) is 71.5. The van der Waals surface area contributed by atoms with Crippen LogP contribution < -0.4 is 17.6 Å². The highest BCUT2D eigenvalue weighted by molar-refractivity contribution is 5.65. The van der Waals surface area contributed by atoms with E-state index in [1.807, 2.05) is 0 Å². The Kier molecular flexibility index (Phi) is 124. The number of carbonyl (C=O) groups is 2. The molecule has 0 radical (unpaired) electrons. The van der Waals surface area contributed by atoms with Crippen LogP contribution in [0.2, 0.25) is 0 Å². The highest BCUT2D eigenvalue weighted by atomic mass is 16.5. The van der Waals surface area contributed by atoms with E-state index in [1.54, 1.807) is 0 Å². The number of esters is 1. The molecule has 1 amide bonds. The topological polar surface area (TPSA) is 162 Å². The van der Waals surface area contributed by atoms with Crippen molar-refractivity contribution in [3.63, 3.8) is 0 Å². The van der Waals surface area contributed by atoms with Crippen molar-refractivity contribution in [2.75, 3.05) is 14.1 Å². The summed E-state index contributed by atoms with van der Waals surface area (Å²) in [6.45, 7) is 1.36. The van der Waals surface area contributed by atoms with Crippen molar-refractivity contribution < 1.29 is 22.5 Å². The van der Waals surface area contributed by atoms with Crippen molar-refractivity contribution in [2.24, 2.45) is 11.5 Å². The molecule has 0 unspecified atom stereocenters. The number of hydrogen-bond acceptors (Lipinski definition) is 5. The van der Waals surface area contributed by atoms with Gasteiger partial charge in [-0.3, -0.25) is 9.59 Å². The number of ether oxygens (including phenoxy) is 1. The van der Waals surface area contributed by atoms with Crippen LogP contribution in [-0.2, 0) is 14.3 Å². The molecule has 0 heterocycles. The molecule has 0 saturated heterocycles. The standard InChI is InChI=1S/C3H6O2.CH3NO.CH5N.CH4.H3N.H2O/c1-3(4)5-2;2-1-3;1-2;;;/h1-2H3;1H,(H2,2,3);2H2,1H3;1H4;1H3;1H2/i;2*1D;;;. The summed E-state index contributed by atoms with van der Waals surface area (Å²) in [5, 5.41) is 0. The third-order valence-corrected chi connectivity index (χ3v) is 0.287. The first-order valence-corrected chi connectivity index (χ1v) is 2.22. The second-order valence-electron chi connectivity index (χ2n) is 0.814. The van der Waals surface area contributed by atoms with Gasteiger partial charge in [0, 0.05) is 8.29 Å². The normalized spacial score (nSPS) is 6.08. The molecule has 0 aliphatic heterocycles. The molecule has 9 N–H and O–H groups in total. The van der Waals surface area contributed by atoms with Gasteiger partial charge in [-0.2, -0.15) is 0 Å². The van der Waals surface area contributed by atoms with E-state index in [4.69, 9.17) is 7.54 Å². The summed E-state index contributed by atoms with van der Waals surface area (Å²) < 4.78 is 15.8. The second-order valence-corrected chi connectivity index (χ2v) is 0.814. The van der Waals surface area contributed by atoms with Crippen molar-refractivity contribution in [1.29, 1.82) is 0 Å². The van der Waals surface area contributed by atoms with Gasteiger partial charge in [-0.05, 0) is 7.02 Å². The molecular formula is C6H23N3O4. The SMILES string of the molecule is C.COC(C)=O.N.O.[2H]C(N)=O.[2H]CN. The summed E-state index contributed by atoms with van der Waals surface area (Å²) >= 11 is 0. The first-order valence-electron chi connectivity index (χ1n) is 3.42. The van der Waals surface area contributed by atoms with Crippen molar-refractivity contribution >= 4 is 12.4 Å². The number of hydrogen-bond donors (Lipinski definition) is 3. The minimum atomic E-state index is -1.08. The summed E-state index contributed by atoms with van der Waals surface area (Å²) in [5.74, 6) is -0.245. The third kappa shape index (κ3) is 1250. The molecule has 0 rings (SSSR count). The first-order chi connectivity index (χ1) is 5.42. The maximum atomic E-state index is 9.59. The summed E-state index contributed by atoms with van der Waals surface area (Å²) in [6.07, 6.45) is -1.08. The summed E-state index contributed by atoms with van der Waals surface area (Å²) in [6, 6.07) is 0. The molecule has 13 heavy (non-hydrogen) atoms. The Morgan fingerprint density at radius 1 is 1.69 bits per heavy atom. The summed E-state index contributed by atoms with van der Waals surface area (Å²) in [7, 11) is 1.35. The van der Waals surface area contributed by atoms with Gasteiger partial charge in [0.25, 0.3) is 0 Å². The Morgan fingerprint density at radius 3 is 1.77 bits per heavy atom. The Balaban J connectivity index is -0.0000000189. The van der Waals surface area contributed by atoms with Gasteiger partial charge in [0.2, 0.25) is 6.39 Å². The number of rotatable bonds is 0. The predicted molar refractivity (Wildman–Crippen MR) is 53.4 cm³/mol. The fourth-order valence-corrected chi connectivity index (χ4v) is 0. The van der Waals surface area contributed by atoms with Gasteiger partial charge >= 0.3 is 5.97 Å². The van der Waals surface area contributed by atoms with Crippen LogP contribution in [0.15, 0.2) is 0 Å². The molecule has 0 bridgehead atoms. The van der Waals surface area contributed by atoms with E-state index in [0.717, 1.165) is 0 Å². The van der Waals surface area contributed by atoms with E-state index in [-0.39, 0.29) is 32.0 Å². The molecule has 0 spiro atoms. The molecule has 7 heteroatoms. The van der Waals surface area contributed by atoms with Gasteiger partial charge in [0.1, 0.15) is 1.37 Å². The molecule has 0 saturated carbocycles. The van der Waals surface area contributed by atoms with E-state index in [9.17, 15) is 4.79 Å². The fraction of sp³-hybridized carbons (Fsp3) is 0.667. The molecule has 0 fully saturated rings. The van der Waals surface area contributed by atoms with Gasteiger partial charge in [0.05, 0.1) is 7.11 Å². The lowest BCUT2D eigenvalue weighted by Crippen LogP contribution is -1.88. The lowest BCUT2D eigenvalue weighted by Gasteiger charge is -1.80. The highest BCUT2D eigenvalue weighted by Gasteiger charge is 1.75. The van der Waals surface area contributed by atoms with Crippen molar-refractivity contribution in [3.8, 4) is 0 Å². The monoisotopic (exact) mass is 203 g/mol. The van der Waals surface area contributed by atoms with Crippen LogP contribution in [-0.4, -0.2) is 32.0 Å². The van der Waals surface area contributed by atoms with E-state index in [0.29, 0.717) is 0 Å². The van der Waals surface area contributed by atoms with Crippen LogP contribution in [0.1, 0.15) is 17.1 Å². The van der Waals surface area contributed by atoms with Gasteiger partial charge in [-0.15, -0.1) is 0 Å². The molecular weight excluding hydrogens is 178 g/mol. The number of methoxy groups -OCH3 is 1. The van der Waals surface area contributed by atoms with Crippen LogP contribution in [0.4, 0.5) is 0 Å². The third-order valence-electron chi connectivity index (χ3n) is 0.287. The zero-order valence-electron chi connectivity index (χ0n) is 9.29. The summed E-state index contributed by atoms with van der Waals surface area (Å²) in [4.78, 5) is 18.5. The number of amides is 1. The molecule has 0 aromatic heterocycles. The van der Waals surface area contributed by atoms with Crippen LogP contribution >= 0.6 is 0 Å². The molecule has 0 aliphatic rings. The zero-order chi connectivity index (χ0) is 10.6. The minimum absolute atomic E-state index is 0. The Labute approximate surface area is 82.1 Å². The highest BCUT2D eigenvalue weighted by Crippen LogP contribution is 1.60. The lowest BCUT2D eigenvalue weighted by molar-refractivity contribution is -0.137. The Bertz CT molecular complexity index is 123. The number of carbonyl (C=O) groups excluding carboxylic acids is 2. The number of primary amides is 1. The Morgan fingerprint density at radius 2 is 1.77 bits per heavy atom. The lowest BCUT2D eigenvalue weighted by atomic mass is 10.8. The largest absolute Gasteiger partial charge is 0.469 e. The van der Waals surface area contributed by atoms with Crippen LogP contribution in [0.5, 0.6) is 0 Å². The first kappa shape index (κ1) is 22.6. The van der Waals surface area contributed by atoms with Crippen molar-refractivity contribution in [2.45, 2.75) is 14.4 Å². The number of nitrogens with two attached hydrogens (primary N) is 2. The Hall–Kier alpha value is -1.18. The predicted octanol–water partition coefficient (Wildman–Crippen LogP) is -1.17. The van der Waals surface area contributed by atoms with Gasteiger partial charge in [-0.1, -0.05) is 7.43 Å². The van der Waals surface area contributed by atoms with Crippen LogP contribution in [0.25, 0.3) is 0 Å². The molecule has 0 aromatic rings. The molecule has 0 aromatic carbocycles. The maximum absolute atomic E-state index is 9.59. The maximum Gasteiger partial charge on any atom is 0.302 e. The average molecular weight is 203 g/mol. The average Bonchev–Trinajstić information content (AvgIpc) is 1.88. The van der Waals surface area contributed by atoms with Gasteiger partial charge in [-0.25, -0.2) is 0 Å². The van der Waals surface area contributed by atoms with Crippen LogP contribution in [0, 0.1) is 0 Å². The van der Waals surface area contributed by atoms with E-state index in [1.165, 1.54) is 14.0 Å². The molecule has 0 atom stereocenters. The minimum Gasteiger partial charge on any atom is -0.469 e. The molecule has 7 nitrogen and oxygen atoms in total. The zero-order valence-corrected chi connectivity index (χ0v) is 7.29. The van der Waals surface area contributed by atoms with E-state index < -0.39 is 6.39 Å². The van der Waals surface area contributed by atoms with E-state index in [2.05, 4.69) is 16.2 Å². The van der Waals surface area contributed by atoms with Gasteiger partial charge < -0.3 is 27.8 Å². The van der Waals surface area contributed by atoms with E-state index >= 15 is 0 Å².